The molecule has 23 heavy (non-hydrogen) atoms. The maximum absolute atomic E-state index is 12.8. The van der Waals surface area contributed by atoms with Crippen LogP contribution in [-0.2, 0) is 6.18 Å². The number of nitrogens with one attached hydrogen (secondary N) is 1. The Bertz CT molecular complexity index is 599. The predicted molar refractivity (Wildman–Crippen MR) is 76.1 cm³/mol. The van der Waals surface area contributed by atoms with E-state index in [1.165, 1.54) is 0 Å². The van der Waals surface area contributed by atoms with Gasteiger partial charge in [-0.25, -0.2) is 0 Å². The smallest absolute Gasteiger partial charge is 0.351 e. The van der Waals surface area contributed by atoms with Crippen LogP contribution in [0.1, 0.15) is 28.8 Å². The molecule has 1 heterocycles. The number of non-ortho nitro benzene ring substituents is 1. The van der Waals surface area contributed by atoms with E-state index < -0.39 is 28.3 Å². The molecule has 0 aromatic heterocycles. The number of benzene rings is 1. The molecule has 0 unspecified atom stereocenters. The van der Waals surface area contributed by atoms with E-state index in [2.05, 4.69) is 10.2 Å². The minimum atomic E-state index is -4.75. The zero-order valence-electron chi connectivity index (χ0n) is 12.2. The molecule has 0 spiro atoms. The second kappa shape index (κ2) is 6.95. The van der Waals surface area contributed by atoms with Gasteiger partial charge in [0.1, 0.15) is 0 Å². The second-order valence-electron chi connectivity index (χ2n) is 5.33. The van der Waals surface area contributed by atoms with Gasteiger partial charge in [0, 0.05) is 30.8 Å². The van der Waals surface area contributed by atoms with Gasteiger partial charge < -0.3 is 10.2 Å². The molecule has 2 rings (SSSR count). The fourth-order valence-electron chi connectivity index (χ4n) is 2.45. The number of amides is 1. The highest BCUT2D eigenvalue weighted by Gasteiger charge is 2.33. The summed E-state index contributed by atoms with van der Waals surface area (Å²) < 4.78 is 38.3. The Labute approximate surface area is 130 Å². The van der Waals surface area contributed by atoms with Gasteiger partial charge in [0.25, 0.3) is 11.6 Å². The minimum Gasteiger partial charge on any atom is -0.351 e. The first-order valence-corrected chi connectivity index (χ1v) is 7.14. The van der Waals surface area contributed by atoms with Gasteiger partial charge in [0.05, 0.1) is 10.5 Å². The molecule has 126 valence electrons. The summed E-state index contributed by atoms with van der Waals surface area (Å²) in [4.78, 5) is 23.9. The van der Waals surface area contributed by atoms with Crippen molar-refractivity contribution >= 4 is 11.6 Å². The number of likely N-dealkylation sites (tertiary alicyclic amines) is 1. The van der Waals surface area contributed by atoms with Crippen molar-refractivity contribution in [2.75, 3.05) is 26.2 Å². The molecule has 0 aliphatic carbocycles. The van der Waals surface area contributed by atoms with Crippen LogP contribution in [0.3, 0.4) is 0 Å². The average Bonchev–Trinajstić information content (AvgIpc) is 2.99. The van der Waals surface area contributed by atoms with Crippen LogP contribution in [0.4, 0.5) is 18.9 Å². The second-order valence-corrected chi connectivity index (χ2v) is 5.33. The van der Waals surface area contributed by atoms with Crippen molar-refractivity contribution in [2.45, 2.75) is 19.0 Å². The Morgan fingerprint density at radius 2 is 1.91 bits per heavy atom. The minimum absolute atomic E-state index is 0.281. The Balaban J connectivity index is 2.08. The predicted octanol–water partition coefficient (Wildman–Crippen LogP) is 2.44. The van der Waals surface area contributed by atoms with Gasteiger partial charge in [-0.2, -0.15) is 13.2 Å². The van der Waals surface area contributed by atoms with E-state index in [4.69, 9.17) is 0 Å². The lowest BCUT2D eigenvalue weighted by atomic mass is 10.1. The highest BCUT2D eigenvalue weighted by Crippen LogP contribution is 2.32. The van der Waals surface area contributed by atoms with Crippen molar-refractivity contribution in [3.05, 3.63) is 39.4 Å². The standard InChI is InChI=1S/C14H16F3N3O3/c15-14(16,17)11-7-10(8-12(9-11)20(22)23)13(21)18-3-6-19-4-1-2-5-19/h7-9H,1-6H2,(H,18,21). The van der Waals surface area contributed by atoms with Gasteiger partial charge in [0.15, 0.2) is 0 Å². The van der Waals surface area contributed by atoms with Gasteiger partial charge in [0.2, 0.25) is 0 Å². The Morgan fingerprint density at radius 3 is 2.48 bits per heavy atom. The van der Waals surface area contributed by atoms with Crippen molar-refractivity contribution in [1.29, 1.82) is 0 Å². The summed E-state index contributed by atoms with van der Waals surface area (Å²) in [5.41, 5.74) is -2.34. The number of alkyl halides is 3. The molecule has 0 atom stereocenters. The lowest BCUT2D eigenvalue weighted by molar-refractivity contribution is -0.385. The maximum atomic E-state index is 12.8. The van der Waals surface area contributed by atoms with Crippen LogP contribution in [0.2, 0.25) is 0 Å². The molecule has 1 saturated heterocycles. The molecule has 1 fully saturated rings. The van der Waals surface area contributed by atoms with E-state index in [-0.39, 0.29) is 12.1 Å². The van der Waals surface area contributed by atoms with Gasteiger partial charge in [-0.05, 0) is 32.0 Å². The van der Waals surface area contributed by atoms with E-state index in [1.807, 2.05) is 0 Å². The Morgan fingerprint density at radius 1 is 1.26 bits per heavy atom. The van der Waals surface area contributed by atoms with Crippen LogP contribution >= 0.6 is 0 Å². The fourth-order valence-corrected chi connectivity index (χ4v) is 2.45. The van der Waals surface area contributed by atoms with Crippen LogP contribution in [0.25, 0.3) is 0 Å². The molecular weight excluding hydrogens is 315 g/mol. The number of carbonyl (C=O) groups excluding carboxylic acids is 1. The topological polar surface area (TPSA) is 75.5 Å². The zero-order valence-corrected chi connectivity index (χ0v) is 12.2. The summed E-state index contributed by atoms with van der Waals surface area (Å²) in [6.07, 6.45) is -2.57. The number of nitro groups is 1. The number of carbonyl (C=O) groups is 1. The normalized spacial score (nSPS) is 15.6. The van der Waals surface area contributed by atoms with Crippen molar-refractivity contribution in [3.8, 4) is 0 Å². The lowest BCUT2D eigenvalue weighted by Gasteiger charge is -2.15. The highest BCUT2D eigenvalue weighted by molar-refractivity contribution is 5.95. The van der Waals surface area contributed by atoms with E-state index in [1.54, 1.807) is 0 Å². The molecule has 1 aromatic rings. The van der Waals surface area contributed by atoms with Gasteiger partial charge in [-0.3, -0.25) is 14.9 Å². The summed E-state index contributed by atoms with van der Waals surface area (Å²) in [7, 11) is 0. The number of nitrogens with zero attached hydrogens (tertiary/aromatic N) is 2. The van der Waals surface area contributed by atoms with Gasteiger partial charge in [-0.15, -0.1) is 0 Å². The van der Waals surface area contributed by atoms with Crippen molar-refractivity contribution in [3.63, 3.8) is 0 Å². The lowest BCUT2D eigenvalue weighted by Crippen LogP contribution is -2.33. The zero-order chi connectivity index (χ0) is 17.0. The van der Waals surface area contributed by atoms with Gasteiger partial charge >= 0.3 is 6.18 Å². The summed E-state index contributed by atoms with van der Waals surface area (Å²) in [6.45, 7) is 2.76. The highest BCUT2D eigenvalue weighted by atomic mass is 19.4. The fraction of sp³-hybridized carbons (Fsp3) is 0.500. The number of hydrogen-bond donors (Lipinski definition) is 1. The molecule has 1 aromatic carbocycles. The Hall–Kier alpha value is -2.16. The van der Waals surface area contributed by atoms with E-state index in [0.29, 0.717) is 18.7 Å². The molecule has 1 aliphatic heterocycles. The molecule has 6 nitrogen and oxygen atoms in total. The Kier molecular flexibility index (Phi) is 5.19. The van der Waals surface area contributed by atoms with E-state index >= 15 is 0 Å². The molecule has 0 bridgehead atoms. The molecule has 0 radical (unpaired) electrons. The average molecular weight is 331 g/mol. The van der Waals surface area contributed by atoms with E-state index in [0.717, 1.165) is 32.0 Å². The maximum Gasteiger partial charge on any atom is 0.416 e. The first-order valence-electron chi connectivity index (χ1n) is 7.14. The molecule has 9 heteroatoms. The quantitative estimate of drug-likeness (QED) is 0.664. The van der Waals surface area contributed by atoms with E-state index in [9.17, 15) is 28.1 Å². The summed E-state index contributed by atoms with van der Waals surface area (Å²) in [5, 5.41) is 13.2. The van der Waals surface area contributed by atoms with Crippen LogP contribution in [0.15, 0.2) is 18.2 Å². The third kappa shape index (κ3) is 4.65. The number of halogens is 3. The molecule has 1 amide bonds. The molecule has 1 N–H and O–H groups in total. The van der Waals surface area contributed by atoms with Crippen LogP contribution < -0.4 is 5.32 Å². The van der Waals surface area contributed by atoms with Crippen molar-refractivity contribution < 1.29 is 22.9 Å². The summed E-state index contributed by atoms with van der Waals surface area (Å²) in [5.74, 6) is -0.751. The first-order chi connectivity index (χ1) is 10.8. The summed E-state index contributed by atoms with van der Waals surface area (Å²) >= 11 is 0. The van der Waals surface area contributed by atoms with Crippen LogP contribution in [-0.4, -0.2) is 41.9 Å². The van der Waals surface area contributed by atoms with Crippen molar-refractivity contribution in [1.82, 2.24) is 10.2 Å². The third-order valence-corrected chi connectivity index (χ3v) is 3.63. The number of hydrogen-bond acceptors (Lipinski definition) is 4. The summed E-state index contributed by atoms with van der Waals surface area (Å²) in [6, 6.07) is 1.89. The first kappa shape index (κ1) is 17.2. The molecule has 0 saturated carbocycles. The van der Waals surface area contributed by atoms with Crippen LogP contribution in [0, 0.1) is 10.1 Å². The van der Waals surface area contributed by atoms with Gasteiger partial charge in [-0.1, -0.05) is 0 Å². The van der Waals surface area contributed by atoms with Crippen LogP contribution in [0.5, 0.6) is 0 Å². The monoisotopic (exact) mass is 331 g/mol. The molecule has 1 aliphatic rings. The number of rotatable bonds is 5. The largest absolute Gasteiger partial charge is 0.416 e. The number of nitro benzene ring substituents is 1. The molecular formula is C14H16F3N3O3. The third-order valence-electron chi connectivity index (χ3n) is 3.63. The SMILES string of the molecule is O=C(NCCN1CCCC1)c1cc([N+](=O)[O-])cc(C(F)(F)F)c1. The van der Waals surface area contributed by atoms with Crippen molar-refractivity contribution in [2.24, 2.45) is 0 Å².